The third-order valence-electron chi connectivity index (χ3n) is 5.46. The van der Waals surface area contributed by atoms with Crippen molar-refractivity contribution >= 4 is 0 Å². The van der Waals surface area contributed by atoms with Crippen molar-refractivity contribution in [3.63, 3.8) is 0 Å². The van der Waals surface area contributed by atoms with E-state index in [1.165, 1.54) is 12.1 Å². The van der Waals surface area contributed by atoms with Crippen molar-refractivity contribution in [3.05, 3.63) is 66.0 Å². The molecule has 0 aliphatic rings. The van der Waals surface area contributed by atoms with Crippen LogP contribution in [0.25, 0.3) is 11.3 Å². The Balaban J connectivity index is 1.90. The third-order valence-corrected chi connectivity index (χ3v) is 5.46. The zero-order valence-electron chi connectivity index (χ0n) is 20.7. The molecule has 1 unspecified atom stereocenters. The second-order valence-corrected chi connectivity index (χ2v) is 9.29. The van der Waals surface area contributed by atoms with Crippen molar-refractivity contribution in [3.8, 4) is 22.9 Å². The van der Waals surface area contributed by atoms with Gasteiger partial charge in [0.05, 0.1) is 18.3 Å². The van der Waals surface area contributed by atoms with Gasteiger partial charge in [0.25, 0.3) is 0 Å². The van der Waals surface area contributed by atoms with E-state index in [0.29, 0.717) is 43.9 Å². The fraction of sp³-hybridized carbons (Fsp3) is 0.444. The molecule has 0 radical (unpaired) electrons. The molecule has 0 amide bonds. The van der Waals surface area contributed by atoms with E-state index in [9.17, 15) is 9.50 Å². The summed E-state index contributed by atoms with van der Waals surface area (Å²) in [6.45, 7) is 10.3. The van der Waals surface area contributed by atoms with Gasteiger partial charge in [-0.2, -0.15) is 5.10 Å². The molecular weight excluding hydrogens is 433 g/mol. The lowest BCUT2D eigenvalue weighted by Crippen LogP contribution is -2.39. The van der Waals surface area contributed by atoms with Gasteiger partial charge in [0.1, 0.15) is 17.3 Å². The summed E-state index contributed by atoms with van der Waals surface area (Å²) in [7, 11) is 1.84. The summed E-state index contributed by atoms with van der Waals surface area (Å²) in [5, 5.41) is 15.4. The number of aliphatic hydroxyl groups is 1. The Morgan fingerprint density at radius 2 is 1.68 bits per heavy atom. The average molecular weight is 470 g/mol. The van der Waals surface area contributed by atoms with Gasteiger partial charge in [-0.15, -0.1) is 0 Å². The molecule has 2 aromatic carbocycles. The molecule has 3 rings (SSSR count). The van der Waals surface area contributed by atoms with Crippen LogP contribution < -0.4 is 4.74 Å². The Morgan fingerprint density at radius 1 is 1.00 bits per heavy atom. The number of aliphatic hydroxyl groups excluding tert-OH is 1. The normalized spacial score (nSPS) is 12.6. The van der Waals surface area contributed by atoms with Crippen LogP contribution in [-0.2, 0) is 18.3 Å². The molecule has 6 nitrogen and oxygen atoms in total. The molecule has 34 heavy (non-hydrogen) atoms. The Bertz CT molecular complexity index is 1020. The topological polar surface area (TPSA) is 59.8 Å². The summed E-state index contributed by atoms with van der Waals surface area (Å²) in [5.74, 6) is 1.22. The van der Waals surface area contributed by atoms with Gasteiger partial charge in [-0.3, -0.25) is 4.90 Å². The zero-order valence-corrected chi connectivity index (χ0v) is 20.7. The van der Waals surface area contributed by atoms with Crippen LogP contribution in [0.3, 0.4) is 0 Å². The van der Waals surface area contributed by atoms with Crippen LogP contribution in [0.15, 0.2) is 54.6 Å². The van der Waals surface area contributed by atoms with Crippen molar-refractivity contribution in [1.29, 1.82) is 0 Å². The number of benzene rings is 2. The molecule has 0 spiro atoms. The Morgan fingerprint density at radius 3 is 2.29 bits per heavy atom. The van der Waals surface area contributed by atoms with Gasteiger partial charge in [-0.25, -0.2) is 9.07 Å². The number of halogens is 1. The molecule has 0 saturated heterocycles. The third kappa shape index (κ3) is 7.13. The van der Waals surface area contributed by atoms with Crippen LogP contribution in [0, 0.1) is 11.7 Å². The highest BCUT2D eigenvalue weighted by molar-refractivity contribution is 5.65. The first-order chi connectivity index (χ1) is 16.2. The van der Waals surface area contributed by atoms with E-state index in [1.807, 2.05) is 37.4 Å². The Labute approximate surface area is 201 Å². The molecule has 184 valence electrons. The minimum absolute atomic E-state index is 0.169. The average Bonchev–Trinajstić information content (AvgIpc) is 3.10. The fourth-order valence-corrected chi connectivity index (χ4v) is 3.69. The van der Waals surface area contributed by atoms with E-state index in [4.69, 9.17) is 14.6 Å². The summed E-state index contributed by atoms with van der Waals surface area (Å²) in [5.41, 5.74) is 2.70. The highest BCUT2D eigenvalue weighted by Crippen LogP contribution is 2.34. The summed E-state index contributed by atoms with van der Waals surface area (Å²) < 4.78 is 27.0. The molecule has 0 aliphatic carbocycles. The maximum absolute atomic E-state index is 13.4. The van der Waals surface area contributed by atoms with E-state index in [-0.39, 0.29) is 11.9 Å². The maximum Gasteiger partial charge on any atom is 0.222 e. The highest BCUT2D eigenvalue weighted by atomic mass is 19.1. The lowest BCUT2D eigenvalue weighted by Gasteiger charge is -2.29. The van der Waals surface area contributed by atoms with Crippen LogP contribution in [0.2, 0.25) is 0 Å². The van der Waals surface area contributed by atoms with Gasteiger partial charge in [0.15, 0.2) is 0 Å². The van der Waals surface area contributed by atoms with Crippen LogP contribution in [0.4, 0.5) is 4.39 Å². The van der Waals surface area contributed by atoms with Crippen LogP contribution in [0.5, 0.6) is 11.6 Å². The largest absolute Gasteiger partial charge is 0.439 e. The predicted octanol–water partition coefficient (Wildman–Crippen LogP) is 5.26. The first kappa shape index (κ1) is 25.9. The van der Waals surface area contributed by atoms with Crippen molar-refractivity contribution in [2.45, 2.75) is 46.4 Å². The Hall–Kier alpha value is -2.74. The lowest BCUT2D eigenvalue weighted by atomic mass is 10.1. The number of aryl methyl sites for hydroxylation is 1. The van der Waals surface area contributed by atoms with Gasteiger partial charge < -0.3 is 14.6 Å². The van der Waals surface area contributed by atoms with E-state index in [2.05, 4.69) is 32.6 Å². The number of hydrogen-bond donors (Lipinski definition) is 1. The van der Waals surface area contributed by atoms with E-state index in [1.54, 1.807) is 16.8 Å². The Kier molecular flexibility index (Phi) is 9.21. The van der Waals surface area contributed by atoms with E-state index in [0.717, 1.165) is 16.8 Å². The van der Waals surface area contributed by atoms with Crippen molar-refractivity contribution in [2.24, 2.45) is 13.0 Å². The molecule has 1 N–H and O–H groups in total. The van der Waals surface area contributed by atoms with Crippen molar-refractivity contribution in [1.82, 2.24) is 14.7 Å². The lowest BCUT2D eigenvalue weighted by molar-refractivity contribution is 0.00166. The molecule has 0 saturated carbocycles. The van der Waals surface area contributed by atoms with Gasteiger partial charge in [-0.1, -0.05) is 44.2 Å². The minimum atomic E-state index is -0.612. The molecule has 1 atom stereocenters. The molecule has 0 aliphatic heterocycles. The minimum Gasteiger partial charge on any atom is -0.439 e. The first-order valence-electron chi connectivity index (χ1n) is 11.8. The van der Waals surface area contributed by atoms with Gasteiger partial charge >= 0.3 is 0 Å². The highest BCUT2D eigenvalue weighted by Gasteiger charge is 2.24. The molecule has 7 heteroatoms. The molecule has 0 fully saturated rings. The number of nitrogens with zero attached hydrogens (tertiary/aromatic N) is 3. The molecule has 0 bridgehead atoms. The smallest absolute Gasteiger partial charge is 0.222 e. The number of hydrogen-bond acceptors (Lipinski definition) is 5. The fourth-order valence-electron chi connectivity index (χ4n) is 3.69. The number of aromatic nitrogens is 2. The SMILES string of the molecule is CC(C)COCC(O)CN(Cc1c(-c2ccccc2)nn(C)c1Oc1ccc(F)cc1)C(C)C. The molecular formula is C27H36FN3O3. The second kappa shape index (κ2) is 12.1. The van der Waals surface area contributed by atoms with Gasteiger partial charge in [-0.05, 0) is 44.0 Å². The molecule has 3 aromatic rings. The zero-order chi connectivity index (χ0) is 24.7. The predicted molar refractivity (Wildman–Crippen MR) is 132 cm³/mol. The second-order valence-electron chi connectivity index (χ2n) is 9.29. The monoisotopic (exact) mass is 469 g/mol. The summed E-state index contributed by atoms with van der Waals surface area (Å²) in [6, 6.07) is 16.1. The van der Waals surface area contributed by atoms with Crippen molar-refractivity contribution in [2.75, 3.05) is 19.8 Å². The molecule has 1 aromatic heterocycles. The van der Waals surface area contributed by atoms with E-state index < -0.39 is 6.10 Å². The maximum atomic E-state index is 13.4. The quantitative estimate of drug-likeness (QED) is 0.392. The number of ether oxygens (including phenoxy) is 2. The number of rotatable bonds is 12. The van der Waals surface area contributed by atoms with E-state index >= 15 is 0 Å². The standard InChI is InChI=1S/C27H36FN3O3/c1-19(2)17-33-18-23(32)15-31(20(3)4)16-25-26(21-9-7-6-8-10-21)29-30(5)27(25)34-24-13-11-22(28)12-14-24/h6-14,19-20,23,32H,15-18H2,1-5H3. The summed E-state index contributed by atoms with van der Waals surface area (Å²) in [6.07, 6.45) is -0.612. The van der Waals surface area contributed by atoms with Crippen LogP contribution in [0.1, 0.15) is 33.3 Å². The van der Waals surface area contributed by atoms with Crippen LogP contribution in [-0.4, -0.2) is 51.7 Å². The van der Waals surface area contributed by atoms with Crippen LogP contribution >= 0.6 is 0 Å². The van der Waals surface area contributed by atoms with Gasteiger partial charge in [0, 0.05) is 38.3 Å². The summed E-state index contributed by atoms with van der Waals surface area (Å²) >= 11 is 0. The van der Waals surface area contributed by atoms with Gasteiger partial charge in [0.2, 0.25) is 5.88 Å². The molecule has 1 heterocycles. The summed E-state index contributed by atoms with van der Waals surface area (Å²) in [4.78, 5) is 2.18. The first-order valence-corrected chi connectivity index (χ1v) is 11.8. The van der Waals surface area contributed by atoms with Crippen molar-refractivity contribution < 1.29 is 19.0 Å².